The number of halogens is 1. The molecule has 0 unspecified atom stereocenters. The molecule has 0 atom stereocenters. The summed E-state index contributed by atoms with van der Waals surface area (Å²) in [5, 5.41) is 3.39. The molecular formula is C10H14ClN. The summed E-state index contributed by atoms with van der Waals surface area (Å²) in [5.41, 5.74) is 3.06. The van der Waals surface area contributed by atoms with Crippen molar-refractivity contribution in [3.05, 3.63) is 29.8 Å². The van der Waals surface area contributed by atoms with Crippen LogP contribution in [0.1, 0.15) is 19.4 Å². The van der Waals surface area contributed by atoms with E-state index in [4.69, 9.17) is 0 Å². The molecule has 0 bridgehead atoms. The highest BCUT2D eigenvalue weighted by Crippen LogP contribution is 2.35. The van der Waals surface area contributed by atoms with E-state index in [1.165, 1.54) is 11.3 Å². The number of hydrogen-bond acceptors (Lipinski definition) is 1. The van der Waals surface area contributed by atoms with E-state index < -0.39 is 0 Å². The molecular weight excluding hydrogens is 170 g/mol. The fraction of sp³-hybridized carbons (Fsp3) is 0.400. The SMILES string of the molecule is CC1(C)CNc2ccccc21.Cl. The fourth-order valence-corrected chi connectivity index (χ4v) is 1.64. The van der Waals surface area contributed by atoms with Gasteiger partial charge in [-0.2, -0.15) is 0 Å². The summed E-state index contributed by atoms with van der Waals surface area (Å²) < 4.78 is 0. The van der Waals surface area contributed by atoms with Crippen molar-refractivity contribution in [2.45, 2.75) is 19.3 Å². The Morgan fingerprint density at radius 3 is 2.58 bits per heavy atom. The molecule has 1 aromatic carbocycles. The van der Waals surface area contributed by atoms with Crippen LogP contribution in [0.4, 0.5) is 5.69 Å². The van der Waals surface area contributed by atoms with Gasteiger partial charge in [-0.1, -0.05) is 32.0 Å². The number of rotatable bonds is 0. The summed E-state index contributed by atoms with van der Waals surface area (Å²) in [7, 11) is 0. The van der Waals surface area contributed by atoms with Gasteiger partial charge < -0.3 is 5.32 Å². The van der Waals surface area contributed by atoms with Crippen molar-refractivity contribution in [1.29, 1.82) is 0 Å². The van der Waals surface area contributed by atoms with Crippen LogP contribution in [0.25, 0.3) is 0 Å². The minimum absolute atomic E-state index is 0. The summed E-state index contributed by atoms with van der Waals surface area (Å²) >= 11 is 0. The van der Waals surface area contributed by atoms with E-state index in [2.05, 4.69) is 43.4 Å². The molecule has 2 rings (SSSR count). The molecule has 1 nitrogen and oxygen atoms in total. The lowest BCUT2D eigenvalue weighted by Crippen LogP contribution is -2.18. The zero-order valence-corrected chi connectivity index (χ0v) is 8.24. The molecule has 0 radical (unpaired) electrons. The number of anilines is 1. The Balaban J connectivity index is 0.000000720. The molecule has 1 aromatic rings. The second-order valence-corrected chi connectivity index (χ2v) is 3.78. The zero-order chi connectivity index (χ0) is 7.90. The number of benzene rings is 1. The summed E-state index contributed by atoms with van der Waals surface area (Å²) in [6.07, 6.45) is 0. The molecule has 0 aromatic heterocycles. The van der Waals surface area contributed by atoms with Crippen molar-refractivity contribution in [3.63, 3.8) is 0 Å². The van der Waals surface area contributed by atoms with Crippen LogP contribution in [0.3, 0.4) is 0 Å². The first-order valence-corrected chi connectivity index (χ1v) is 4.03. The Morgan fingerprint density at radius 1 is 1.25 bits per heavy atom. The van der Waals surface area contributed by atoms with Crippen molar-refractivity contribution >= 4 is 18.1 Å². The lowest BCUT2D eigenvalue weighted by atomic mass is 9.87. The fourth-order valence-electron chi connectivity index (χ4n) is 1.64. The zero-order valence-electron chi connectivity index (χ0n) is 7.42. The maximum Gasteiger partial charge on any atom is 0.0379 e. The Morgan fingerprint density at radius 2 is 1.92 bits per heavy atom. The summed E-state index contributed by atoms with van der Waals surface area (Å²) in [6.45, 7) is 5.60. The van der Waals surface area contributed by atoms with Crippen molar-refractivity contribution in [2.24, 2.45) is 0 Å². The van der Waals surface area contributed by atoms with Gasteiger partial charge in [0, 0.05) is 17.6 Å². The van der Waals surface area contributed by atoms with Crippen LogP contribution in [0.15, 0.2) is 24.3 Å². The molecule has 0 fully saturated rings. The second kappa shape index (κ2) is 2.98. The van der Waals surface area contributed by atoms with E-state index >= 15 is 0 Å². The van der Waals surface area contributed by atoms with Gasteiger partial charge >= 0.3 is 0 Å². The Labute approximate surface area is 79.6 Å². The van der Waals surface area contributed by atoms with Crippen LogP contribution in [0, 0.1) is 0 Å². The first kappa shape index (κ1) is 9.40. The molecule has 1 N–H and O–H groups in total. The summed E-state index contributed by atoms with van der Waals surface area (Å²) in [4.78, 5) is 0. The van der Waals surface area contributed by atoms with Gasteiger partial charge in [-0.25, -0.2) is 0 Å². The van der Waals surface area contributed by atoms with Crippen molar-refractivity contribution in [1.82, 2.24) is 0 Å². The first-order valence-electron chi connectivity index (χ1n) is 4.03. The van der Waals surface area contributed by atoms with E-state index in [1.807, 2.05) is 0 Å². The molecule has 1 aliphatic rings. The molecule has 1 heterocycles. The third kappa shape index (κ3) is 1.29. The van der Waals surface area contributed by atoms with Crippen LogP contribution in [0.2, 0.25) is 0 Å². The number of para-hydroxylation sites is 1. The minimum Gasteiger partial charge on any atom is -0.384 e. The monoisotopic (exact) mass is 183 g/mol. The Bertz CT molecular complexity index is 281. The van der Waals surface area contributed by atoms with Crippen LogP contribution >= 0.6 is 12.4 Å². The van der Waals surface area contributed by atoms with Gasteiger partial charge in [0.1, 0.15) is 0 Å². The molecule has 1 aliphatic heterocycles. The molecule has 0 saturated heterocycles. The average Bonchev–Trinajstić information content (AvgIpc) is 2.29. The summed E-state index contributed by atoms with van der Waals surface area (Å²) in [5.74, 6) is 0. The van der Waals surface area contributed by atoms with E-state index in [0.29, 0.717) is 5.41 Å². The molecule has 0 spiro atoms. The standard InChI is InChI=1S/C10H13N.ClH/c1-10(2)7-11-9-6-4-3-5-8(9)10;/h3-6,11H,7H2,1-2H3;1H. The Hall–Kier alpha value is -0.690. The van der Waals surface area contributed by atoms with Crippen LogP contribution in [-0.4, -0.2) is 6.54 Å². The predicted octanol–water partition coefficient (Wildman–Crippen LogP) is 2.81. The highest BCUT2D eigenvalue weighted by atomic mass is 35.5. The highest BCUT2D eigenvalue weighted by molar-refractivity contribution is 5.85. The van der Waals surface area contributed by atoms with E-state index in [-0.39, 0.29) is 12.4 Å². The smallest absolute Gasteiger partial charge is 0.0379 e. The van der Waals surface area contributed by atoms with Crippen molar-refractivity contribution in [3.8, 4) is 0 Å². The van der Waals surface area contributed by atoms with E-state index in [1.54, 1.807) is 0 Å². The average molecular weight is 184 g/mol. The minimum atomic E-state index is 0. The largest absolute Gasteiger partial charge is 0.384 e. The van der Waals surface area contributed by atoms with Gasteiger partial charge in [0.05, 0.1) is 0 Å². The van der Waals surface area contributed by atoms with Gasteiger partial charge in [-0.05, 0) is 11.6 Å². The van der Waals surface area contributed by atoms with Crippen molar-refractivity contribution in [2.75, 3.05) is 11.9 Å². The van der Waals surface area contributed by atoms with Gasteiger partial charge in [0.2, 0.25) is 0 Å². The number of hydrogen-bond donors (Lipinski definition) is 1. The van der Waals surface area contributed by atoms with Gasteiger partial charge in [0.15, 0.2) is 0 Å². The molecule has 12 heavy (non-hydrogen) atoms. The normalized spacial score (nSPS) is 17.5. The Kier molecular flexibility index (Phi) is 2.34. The quantitative estimate of drug-likeness (QED) is 0.653. The molecule has 2 heteroatoms. The van der Waals surface area contributed by atoms with E-state index in [0.717, 1.165) is 6.54 Å². The van der Waals surface area contributed by atoms with Gasteiger partial charge in [-0.3, -0.25) is 0 Å². The third-order valence-electron chi connectivity index (χ3n) is 2.38. The molecule has 0 aliphatic carbocycles. The lowest BCUT2D eigenvalue weighted by Gasteiger charge is -2.16. The van der Waals surface area contributed by atoms with Gasteiger partial charge in [0.25, 0.3) is 0 Å². The second-order valence-electron chi connectivity index (χ2n) is 3.78. The molecule has 0 saturated carbocycles. The molecule has 66 valence electrons. The third-order valence-corrected chi connectivity index (χ3v) is 2.38. The maximum absolute atomic E-state index is 3.39. The topological polar surface area (TPSA) is 12.0 Å². The predicted molar refractivity (Wildman–Crippen MR) is 55.2 cm³/mol. The van der Waals surface area contributed by atoms with Crippen molar-refractivity contribution < 1.29 is 0 Å². The number of nitrogens with one attached hydrogen (secondary N) is 1. The lowest BCUT2D eigenvalue weighted by molar-refractivity contribution is 0.586. The highest BCUT2D eigenvalue weighted by Gasteiger charge is 2.28. The van der Waals surface area contributed by atoms with Crippen LogP contribution < -0.4 is 5.32 Å². The maximum atomic E-state index is 3.39. The van der Waals surface area contributed by atoms with Crippen LogP contribution in [-0.2, 0) is 5.41 Å². The number of fused-ring (bicyclic) bond motifs is 1. The molecule has 0 amide bonds. The first-order chi connectivity index (χ1) is 5.20. The van der Waals surface area contributed by atoms with Crippen LogP contribution in [0.5, 0.6) is 0 Å². The van der Waals surface area contributed by atoms with Gasteiger partial charge in [-0.15, -0.1) is 12.4 Å². The van der Waals surface area contributed by atoms with E-state index in [9.17, 15) is 0 Å². The summed E-state index contributed by atoms with van der Waals surface area (Å²) in [6, 6.07) is 8.53.